The lowest BCUT2D eigenvalue weighted by Gasteiger charge is -2.27. The number of aliphatic hydroxyl groups excluding tert-OH is 1. The second kappa shape index (κ2) is 7.86. The fraction of sp³-hybridized carbons (Fsp3) is 0.238. The number of rotatable bonds is 5. The summed E-state index contributed by atoms with van der Waals surface area (Å²) in [6.07, 6.45) is 0.184. The number of anilines is 1. The molecule has 0 aromatic heterocycles. The maximum Gasteiger partial charge on any atom is 0.294 e. The standard InChI is InChI=1S/C21H19Cl2NO4/c1-11(2)9-17(26)18-19(12-3-8-16(25)15(23)10-12)24(21(28)20(18)27)14-6-4-13(22)5-7-14/h3-8,10-11,19,25,27H,9H2,1-2H3. The number of benzene rings is 2. The van der Waals surface area contributed by atoms with Crippen LogP contribution in [0.1, 0.15) is 31.9 Å². The van der Waals surface area contributed by atoms with Gasteiger partial charge in [0, 0.05) is 17.1 Å². The second-order valence-corrected chi connectivity index (χ2v) is 7.89. The van der Waals surface area contributed by atoms with Gasteiger partial charge in [0.05, 0.1) is 16.6 Å². The highest BCUT2D eigenvalue weighted by molar-refractivity contribution is 6.32. The van der Waals surface area contributed by atoms with E-state index in [1.54, 1.807) is 30.3 Å². The molecule has 1 atom stereocenters. The van der Waals surface area contributed by atoms with Crippen LogP contribution in [0.5, 0.6) is 5.75 Å². The smallest absolute Gasteiger partial charge is 0.294 e. The number of amides is 1. The van der Waals surface area contributed by atoms with E-state index in [2.05, 4.69) is 0 Å². The molecule has 2 aromatic carbocycles. The summed E-state index contributed by atoms with van der Waals surface area (Å²) in [5.41, 5.74) is 1.00. The van der Waals surface area contributed by atoms with Crippen molar-refractivity contribution in [3.63, 3.8) is 0 Å². The summed E-state index contributed by atoms with van der Waals surface area (Å²) in [6.45, 7) is 3.77. The summed E-state index contributed by atoms with van der Waals surface area (Å²) in [6, 6.07) is 10.1. The number of aliphatic hydroxyl groups is 1. The number of Topliss-reactive ketones (excluding diaryl/α,β-unsaturated/α-hetero) is 1. The van der Waals surface area contributed by atoms with Gasteiger partial charge in [-0.15, -0.1) is 0 Å². The van der Waals surface area contributed by atoms with E-state index < -0.39 is 17.7 Å². The molecule has 0 spiro atoms. The molecule has 0 aliphatic carbocycles. The van der Waals surface area contributed by atoms with Crippen LogP contribution in [0.15, 0.2) is 53.8 Å². The van der Waals surface area contributed by atoms with Crippen LogP contribution in [0.2, 0.25) is 10.0 Å². The van der Waals surface area contributed by atoms with Gasteiger partial charge in [0.25, 0.3) is 5.91 Å². The zero-order valence-corrected chi connectivity index (χ0v) is 16.8. The fourth-order valence-electron chi connectivity index (χ4n) is 3.25. The van der Waals surface area contributed by atoms with E-state index in [0.29, 0.717) is 16.3 Å². The van der Waals surface area contributed by atoms with Gasteiger partial charge >= 0.3 is 0 Å². The summed E-state index contributed by atoms with van der Waals surface area (Å²) in [5.74, 6) is -1.63. The Morgan fingerprint density at radius 2 is 1.75 bits per heavy atom. The Morgan fingerprint density at radius 3 is 2.32 bits per heavy atom. The number of carbonyl (C=O) groups is 2. The number of hydrogen-bond acceptors (Lipinski definition) is 4. The molecular weight excluding hydrogens is 401 g/mol. The Morgan fingerprint density at radius 1 is 1.11 bits per heavy atom. The molecule has 0 bridgehead atoms. The van der Waals surface area contributed by atoms with Gasteiger partial charge in [-0.2, -0.15) is 0 Å². The highest BCUT2D eigenvalue weighted by Crippen LogP contribution is 2.43. The minimum Gasteiger partial charge on any atom is -0.506 e. The summed E-state index contributed by atoms with van der Waals surface area (Å²) in [7, 11) is 0. The Bertz CT molecular complexity index is 967. The molecule has 1 amide bonds. The summed E-state index contributed by atoms with van der Waals surface area (Å²) < 4.78 is 0. The van der Waals surface area contributed by atoms with Crippen molar-refractivity contribution in [1.29, 1.82) is 0 Å². The van der Waals surface area contributed by atoms with Crippen molar-refractivity contribution in [2.75, 3.05) is 4.90 Å². The predicted octanol–water partition coefficient (Wildman–Crippen LogP) is 5.21. The highest BCUT2D eigenvalue weighted by atomic mass is 35.5. The molecule has 2 aromatic rings. The van der Waals surface area contributed by atoms with Gasteiger partial charge in [0.15, 0.2) is 11.5 Å². The first-order valence-corrected chi connectivity index (χ1v) is 9.50. The van der Waals surface area contributed by atoms with Gasteiger partial charge in [-0.3, -0.25) is 14.5 Å². The summed E-state index contributed by atoms with van der Waals surface area (Å²) in [5, 5.41) is 20.9. The molecule has 0 saturated heterocycles. The molecule has 1 aliphatic heterocycles. The van der Waals surface area contributed by atoms with E-state index in [1.165, 1.54) is 17.0 Å². The molecule has 3 rings (SSSR count). The zero-order chi connectivity index (χ0) is 20.6. The van der Waals surface area contributed by atoms with Crippen LogP contribution >= 0.6 is 23.2 Å². The van der Waals surface area contributed by atoms with Gasteiger partial charge in [0.2, 0.25) is 0 Å². The highest BCUT2D eigenvalue weighted by Gasteiger charge is 2.44. The SMILES string of the molecule is CC(C)CC(=O)C1=C(O)C(=O)N(c2ccc(Cl)cc2)C1c1ccc(O)c(Cl)c1. The van der Waals surface area contributed by atoms with Gasteiger partial charge in [0.1, 0.15) is 5.75 Å². The molecule has 28 heavy (non-hydrogen) atoms. The van der Waals surface area contributed by atoms with Crippen LogP contribution in [0.4, 0.5) is 5.69 Å². The maximum absolute atomic E-state index is 12.9. The molecule has 0 radical (unpaired) electrons. The average Bonchev–Trinajstić information content (AvgIpc) is 2.89. The first-order chi connectivity index (χ1) is 13.2. The van der Waals surface area contributed by atoms with Crippen molar-refractivity contribution >= 4 is 40.6 Å². The Hall–Kier alpha value is -2.50. The largest absolute Gasteiger partial charge is 0.506 e. The van der Waals surface area contributed by atoms with Crippen molar-refractivity contribution in [2.24, 2.45) is 5.92 Å². The average molecular weight is 420 g/mol. The van der Waals surface area contributed by atoms with E-state index in [9.17, 15) is 19.8 Å². The second-order valence-electron chi connectivity index (χ2n) is 7.05. The van der Waals surface area contributed by atoms with Crippen LogP contribution in [-0.4, -0.2) is 21.9 Å². The normalized spacial score (nSPS) is 17.0. The van der Waals surface area contributed by atoms with Crippen LogP contribution < -0.4 is 4.90 Å². The van der Waals surface area contributed by atoms with Crippen LogP contribution in [-0.2, 0) is 9.59 Å². The van der Waals surface area contributed by atoms with Crippen LogP contribution in [0.25, 0.3) is 0 Å². The Kier molecular flexibility index (Phi) is 5.68. The molecule has 5 nitrogen and oxygen atoms in total. The number of halogens is 2. The topological polar surface area (TPSA) is 77.8 Å². The maximum atomic E-state index is 12.9. The predicted molar refractivity (Wildman–Crippen MR) is 109 cm³/mol. The van der Waals surface area contributed by atoms with Crippen molar-refractivity contribution in [3.05, 3.63) is 69.4 Å². The van der Waals surface area contributed by atoms with Crippen molar-refractivity contribution in [2.45, 2.75) is 26.3 Å². The van der Waals surface area contributed by atoms with Gasteiger partial charge in [-0.25, -0.2) is 0 Å². The van der Waals surface area contributed by atoms with Gasteiger partial charge < -0.3 is 10.2 Å². The first kappa shape index (κ1) is 20.2. The van der Waals surface area contributed by atoms with E-state index >= 15 is 0 Å². The van der Waals surface area contributed by atoms with Crippen molar-refractivity contribution < 1.29 is 19.8 Å². The molecular formula is C21H19Cl2NO4. The fourth-order valence-corrected chi connectivity index (χ4v) is 3.56. The van der Waals surface area contributed by atoms with E-state index in [0.717, 1.165) is 0 Å². The quantitative estimate of drug-likeness (QED) is 0.696. The Labute approximate surface area is 172 Å². The third kappa shape index (κ3) is 3.73. The molecule has 2 N–H and O–H groups in total. The van der Waals surface area contributed by atoms with Crippen LogP contribution in [0.3, 0.4) is 0 Å². The molecule has 146 valence electrons. The number of carbonyl (C=O) groups excluding carboxylic acids is 2. The first-order valence-electron chi connectivity index (χ1n) is 8.74. The molecule has 7 heteroatoms. The van der Waals surface area contributed by atoms with E-state index in [-0.39, 0.29) is 34.5 Å². The van der Waals surface area contributed by atoms with Crippen molar-refractivity contribution in [3.8, 4) is 5.75 Å². The number of phenols is 1. The van der Waals surface area contributed by atoms with Gasteiger partial charge in [-0.1, -0.05) is 43.1 Å². The lowest BCUT2D eigenvalue weighted by atomic mass is 9.92. The van der Waals surface area contributed by atoms with E-state index in [1.807, 2.05) is 13.8 Å². The number of aromatic hydroxyl groups is 1. The number of nitrogens with zero attached hydrogens (tertiary/aromatic N) is 1. The molecule has 1 unspecified atom stereocenters. The number of hydrogen-bond donors (Lipinski definition) is 2. The summed E-state index contributed by atoms with van der Waals surface area (Å²) in [4.78, 5) is 27.1. The lowest BCUT2D eigenvalue weighted by Crippen LogP contribution is -2.31. The Balaban J connectivity index is 2.16. The molecule has 0 saturated carbocycles. The third-order valence-electron chi connectivity index (χ3n) is 4.49. The summed E-state index contributed by atoms with van der Waals surface area (Å²) >= 11 is 12.0. The lowest BCUT2D eigenvalue weighted by molar-refractivity contribution is -0.118. The van der Waals surface area contributed by atoms with Gasteiger partial charge in [-0.05, 0) is 47.9 Å². The third-order valence-corrected chi connectivity index (χ3v) is 5.05. The van der Waals surface area contributed by atoms with Crippen LogP contribution in [0, 0.1) is 5.92 Å². The molecule has 0 fully saturated rings. The minimum absolute atomic E-state index is 0.0235. The number of phenolic OH excluding ortho intramolecular Hbond substituents is 1. The van der Waals surface area contributed by atoms with Crippen molar-refractivity contribution in [1.82, 2.24) is 0 Å². The zero-order valence-electron chi connectivity index (χ0n) is 15.3. The molecule has 1 aliphatic rings. The monoisotopic (exact) mass is 419 g/mol. The molecule has 1 heterocycles. The van der Waals surface area contributed by atoms with E-state index in [4.69, 9.17) is 23.2 Å². The minimum atomic E-state index is -0.863. The number of ketones is 1.